The van der Waals surface area contributed by atoms with E-state index in [4.69, 9.17) is 18.9 Å². The Morgan fingerprint density at radius 2 is 1.11 bits per heavy atom. The lowest BCUT2D eigenvalue weighted by molar-refractivity contribution is -0.297. The SMILES string of the molecule is CCCCC/C=C/C/C=C/CCCCCCCC(=O)OC[C@H](CO[C@H]1O[C@H](CS(=O)(=O)O)[C@@H](O)C(O)C1O)OC(=O)CCCCCCCCCCCCC. The Labute approximate surface area is 326 Å². The molecule has 0 amide bonds. The Hall–Kier alpha value is -1.87. The summed E-state index contributed by atoms with van der Waals surface area (Å²) < 4.78 is 53.9. The van der Waals surface area contributed by atoms with Crippen LogP contribution in [0.3, 0.4) is 0 Å². The van der Waals surface area contributed by atoms with Crippen LogP contribution in [0.5, 0.6) is 0 Å². The number of carbonyl (C=O) groups excluding carboxylic acids is 2. The molecule has 1 saturated heterocycles. The predicted molar refractivity (Wildman–Crippen MR) is 210 cm³/mol. The van der Waals surface area contributed by atoms with Gasteiger partial charge in [0, 0.05) is 12.8 Å². The van der Waals surface area contributed by atoms with Crippen LogP contribution < -0.4 is 0 Å². The molecule has 13 heteroatoms. The molecule has 4 N–H and O–H groups in total. The van der Waals surface area contributed by atoms with Crippen molar-refractivity contribution in [3.8, 4) is 0 Å². The van der Waals surface area contributed by atoms with Gasteiger partial charge in [-0.2, -0.15) is 8.42 Å². The van der Waals surface area contributed by atoms with E-state index in [0.29, 0.717) is 12.8 Å². The fourth-order valence-electron chi connectivity index (χ4n) is 6.24. The van der Waals surface area contributed by atoms with Crippen LogP contribution in [0.15, 0.2) is 24.3 Å². The normalized spacial score (nSPS) is 21.2. The number of ether oxygens (including phenoxy) is 4. The average Bonchev–Trinajstić information content (AvgIpc) is 3.13. The first-order valence-electron chi connectivity index (χ1n) is 20.9. The molecular weight excluding hydrogens is 717 g/mol. The van der Waals surface area contributed by atoms with Crippen molar-refractivity contribution < 1.29 is 56.8 Å². The van der Waals surface area contributed by atoms with Gasteiger partial charge in [0.15, 0.2) is 12.4 Å². The number of esters is 2. The van der Waals surface area contributed by atoms with Gasteiger partial charge in [0.2, 0.25) is 0 Å². The molecule has 1 rings (SSSR count). The molecule has 0 aliphatic carbocycles. The van der Waals surface area contributed by atoms with Crippen LogP contribution in [0.25, 0.3) is 0 Å². The fourth-order valence-corrected chi connectivity index (χ4v) is 6.93. The number of allylic oxidation sites excluding steroid dienone is 4. The van der Waals surface area contributed by atoms with Gasteiger partial charge in [-0.15, -0.1) is 0 Å². The molecular formula is C41H74O12S. The first kappa shape index (κ1) is 50.1. The Bertz CT molecular complexity index is 1110. The molecule has 0 aromatic carbocycles. The number of aliphatic hydroxyl groups excluding tert-OH is 3. The number of rotatable bonds is 34. The Kier molecular flexibility index (Phi) is 29.9. The highest BCUT2D eigenvalue weighted by Crippen LogP contribution is 2.24. The summed E-state index contributed by atoms with van der Waals surface area (Å²) in [5.41, 5.74) is 0. The number of aliphatic hydroxyl groups is 3. The second-order valence-electron chi connectivity index (χ2n) is 14.7. The molecule has 1 aliphatic heterocycles. The van der Waals surface area contributed by atoms with Gasteiger partial charge >= 0.3 is 11.9 Å². The number of carbonyl (C=O) groups is 2. The van der Waals surface area contributed by atoms with Crippen molar-refractivity contribution in [3.63, 3.8) is 0 Å². The van der Waals surface area contributed by atoms with Crippen molar-refractivity contribution in [2.45, 2.75) is 205 Å². The quantitative estimate of drug-likeness (QED) is 0.0216. The van der Waals surface area contributed by atoms with Crippen molar-refractivity contribution in [3.05, 3.63) is 24.3 Å². The highest BCUT2D eigenvalue weighted by Gasteiger charge is 2.46. The lowest BCUT2D eigenvalue weighted by atomic mass is 10.00. The molecule has 1 fully saturated rings. The molecule has 0 saturated carbocycles. The van der Waals surface area contributed by atoms with Gasteiger partial charge in [-0.3, -0.25) is 14.1 Å². The van der Waals surface area contributed by atoms with E-state index in [-0.39, 0.29) is 19.4 Å². The first-order chi connectivity index (χ1) is 26.0. The van der Waals surface area contributed by atoms with Crippen molar-refractivity contribution in [2.75, 3.05) is 19.0 Å². The van der Waals surface area contributed by atoms with Gasteiger partial charge in [0.25, 0.3) is 10.1 Å². The zero-order valence-corrected chi connectivity index (χ0v) is 34.1. The van der Waals surface area contributed by atoms with Crippen LogP contribution in [-0.2, 0) is 38.7 Å². The first-order valence-corrected chi connectivity index (χ1v) is 22.5. The van der Waals surface area contributed by atoms with Gasteiger partial charge in [-0.05, 0) is 44.9 Å². The second kappa shape index (κ2) is 32.2. The molecule has 1 aliphatic rings. The van der Waals surface area contributed by atoms with E-state index >= 15 is 0 Å². The van der Waals surface area contributed by atoms with Gasteiger partial charge < -0.3 is 34.3 Å². The predicted octanol–water partition coefficient (Wildman–Crippen LogP) is 7.67. The molecule has 316 valence electrons. The largest absolute Gasteiger partial charge is 0.462 e. The van der Waals surface area contributed by atoms with Crippen LogP contribution in [0.2, 0.25) is 0 Å². The molecule has 0 aromatic heterocycles. The van der Waals surface area contributed by atoms with Crippen LogP contribution in [0.1, 0.15) is 168 Å². The minimum atomic E-state index is -4.60. The van der Waals surface area contributed by atoms with Crippen molar-refractivity contribution in [1.29, 1.82) is 0 Å². The Balaban J connectivity index is 2.49. The summed E-state index contributed by atoms with van der Waals surface area (Å²) in [7, 11) is -4.60. The third-order valence-corrected chi connectivity index (χ3v) is 10.3. The highest BCUT2D eigenvalue weighted by atomic mass is 32.2. The van der Waals surface area contributed by atoms with Gasteiger partial charge in [-0.1, -0.05) is 134 Å². The monoisotopic (exact) mass is 790 g/mol. The van der Waals surface area contributed by atoms with Gasteiger partial charge in [0.05, 0.1) is 6.61 Å². The molecule has 0 radical (unpaired) electrons. The molecule has 12 nitrogen and oxygen atoms in total. The molecule has 0 aromatic rings. The zero-order valence-electron chi connectivity index (χ0n) is 33.3. The molecule has 1 heterocycles. The summed E-state index contributed by atoms with van der Waals surface area (Å²) in [5.74, 6) is -2.00. The van der Waals surface area contributed by atoms with Crippen LogP contribution in [0, 0.1) is 0 Å². The third kappa shape index (κ3) is 26.9. The lowest BCUT2D eigenvalue weighted by Crippen LogP contribution is -2.60. The highest BCUT2D eigenvalue weighted by molar-refractivity contribution is 7.85. The topological polar surface area (TPSA) is 186 Å². The molecule has 2 unspecified atom stereocenters. The van der Waals surface area contributed by atoms with E-state index in [9.17, 15) is 37.9 Å². The number of unbranched alkanes of at least 4 members (excludes halogenated alkanes) is 18. The van der Waals surface area contributed by atoms with E-state index < -0.39 is 71.2 Å². The summed E-state index contributed by atoms with van der Waals surface area (Å²) >= 11 is 0. The molecule has 0 bridgehead atoms. The fraction of sp³-hybridized carbons (Fsp3) is 0.854. The van der Waals surface area contributed by atoms with E-state index in [1.165, 1.54) is 64.2 Å². The summed E-state index contributed by atoms with van der Waals surface area (Å²) in [6, 6.07) is 0. The lowest BCUT2D eigenvalue weighted by Gasteiger charge is -2.40. The number of hydrogen-bond donors (Lipinski definition) is 4. The Morgan fingerprint density at radius 1 is 0.630 bits per heavy atom. The minimum Gasteiger partial charge on any atom is -0.462 e. The molecule has 0 spiro atoms. The molecule has 6 atom stereocenters. The van der Waals surface area contributed by atoms with Crippen LogP contribution >= 0.6 is 0 Å². The standard InChI is InChI=1S/C41H74O12S/c1-3-5-7-9-11-13-15-16-17-18-20-21-23-25-27-29-36(42)50-31-34(52-37(43)30-28-26-24-22-19-14-12-10-8-6-4-2)32-51-41-40(46)39(45)38(44)35(53-41)33-54(47,48)49/h11,13,16-17,34-35,38-41,44-46H,3-10,12,14-15,18-33H2,1-2H3,(H,47,48,49)/b13-11+,17-16+/t34-,35-,38-,39?,40?,41+/m1/s1. The van der Waals surface area contributed by atoms with Crippen LogP contribution in [0.4, 0.5) is 0 Å². The van der Waals surface area contributed by atoms with E-state index in [1.807, 2.05) is 0 Å². The third-order valence-electron chi connectivity index (χ3n) is 9.53. The molecule has 54 heavy (non-hydrogen) atoms. The van der Waals surface area contributed by atoms with Gasteiger partial charge in [0.1, 0.15) is 36.8 Å². The zero-order chi connectivity index (χ0) is 39.9. The summed E-state index contributed by atoms with van der Waals surface area (Å²) in [4.78, 5) is 25.3. The van der Waals surface area contributed by atoms with Gasteiger partial charge in [-0.25, -0.2) is 0 Å². The summed E-state index contributed by atoms with van der Waals surface area (Å²) in [6.07, 6.45) is 23.7. The summed E-state index contributed by atoms with van der Waals surface area (Å²) in [5, 5.41) is 30.8. The van der Waals surface area contributed by atoms with Crippen molar-refractivity contribution in [2.24, 2.45) is 0 Å². The Morgan fingerprint density at radius 3 is 1.67 bits per heavy atom. The second-order valence-corrected chi connectivity index (χ2v) is 16.2. The maximum atomic E-state index is 12.7. The van der Waals surface area contributed by atoms with E-state index in [1.54, 1.807) is 0 Å². The van der Waals surface area contributed by atoms with Crippen LogP contribution in [-0.4, -0.2) is 96.0 Å². The van der Waals surface area contributed by atoms with Crippen molar-refractivity contribution >= 4 is 22.1 Å². The summed E-state index contributed by atoms with van der Waals surface area (Å²) in [6.45, 7) is 3.69. The smallest absolute Gasteiger partial charge is 0.306 e. The van der Waals surface area contributed by atoms with E-state index in [2.05, 4.69) is 38.2 Å². The minimum absolute atomic E-state index is 0.164. The average molecular weight is 791 g/mol. The van der Waals surface area contributed by atoms with Crippen molar-refractivity contribution in [1.82, 2.24) is 0 Å². The maximum absolute atomic E-state index is 12.7. The maximum Gasteiger partial charge on any atom is 0.306 e. The number of hydrogen-bond acceptors (Lipinski definition) is 11. The van der Waals surface area contributed by atoms with E-state index in [0.717, 1.165) is 64.2 Å².